The standard InChI is InChI=1S/C2H7NO2Si/c1-5-2(6)3-4/h4H,1,6H3. The Balaban J connectivity index is 3.22. The van der Waals surface area contributed by atoms with E-state index in [0.717, 1.165) is 0 Å². The summed E-state index contributed by atoms with van der Waals surface area (Å²) in [6.07, 6.45) is 0. The summed E-state index contributed by atoms with van der Waals surface area (Å²) in [5.74, 6) is 0. The minimum atomic E-state index is 0.412. The molecule has 0 heterocycles. The van der Waals surface area contributed by atoms with Crippen LogP contribution in [0.5, 0.6) is 0 Å². The monoisotopic (exact) mass is 105 g/mol. The third-order valence-electron chi connectivity index (χ3n) is 0.436. The van der Waals surface area contributed by atoms with E-state index in [1.54, 1.807) is 0 Å². The van der Waals surface area contributed by atoms with E-state index in [0.29, 0.717) is 15.8 Å². The van der Waals surface area contributed by atoms with Crippen molar-refractivity contribution in [2.45, 2.75) is 0 Å². The molecule has 6 heavy (non-hydrogen) atoms. The lowest BCUT2D eigenvalue weighted by molar-refractivity contribution is 0.292. The first-order valence-electron chi connectivity index (χ1n) is 1.54. The zero-order valence-electron chi connectivity index (χ0n) is 3.80. The molecule has 1 N–H and O–H groups in total. The third kappa shape index (κ3) is 1.77. The fourth-order valence-electron chi connectivity index (χ4n) is 0.0408. The van der Waals surface area contributed by atoms with E-state index in [1.165, 1.54) is 7.11 Å². The number of ether oxygens (including phenoxy) is 1. The molecule has 0 saturated heterocycles. The molecule has 0 amide bonds. The fourth-order valence-corrected chi connectivity index (χ4v) is 0.0408. The average Bonchev–Trinajstić information content (AvgIpc) is 1.65. The zero-order valence-corrected chi connectivity index (χ0v) is 5.80. The van der Waals surface area contributed by atoms with E-state index in [4.69, 9.17) is 5.21 Å². The second-order valence-electron chi connectivity index (χ2n) is 0.823. The Morgan fingerprint density at radius 1 is 2.00 bits per heavy atom. The van der Waals surface area contributed by atoms with Crippen LogP contribution >= 0.6 is 0 Å². The van der Waals surface area contributed by atoms with Gasteiger partial charge in [0.25, 0.3) is 0 Å². The second kappa shape index (κ2) is 2.71. The highest BCUT2D eigenvalue weighted by molar-refractivity contribution is 6.56. The molecule has 0 rings (SSSR count). The van der Waals surface area contributed by atoms with Crippen molar-refractivity contribution in [3.8, 4) is 0 Å². The summed E-state index contributed by atoms with van der Waals surface area (Å²) in [5, 5.41) is 10.6. The summed E-state index contributed by atoms with van der Waals surface area (Å²) in [6, 6.07) is 0. The van der Waals surface area contributed by atoms with Crippen LogP contribution in [-0.4, -0.2) is 28.1 Å². The van der Waals surface area contributed by atoms with Gasteiger partial charge in [0.05, 0.1) is 7.11 Å². The van der Waals surface area contributed by atoms with Crippen LogP contribution in [-0.2, 0) is 4.74 Å². The molecule has 0 aromatic rings. The van der Waals surface area contributed by atoms with Gasteiger partial charge in [0.1, 0.15) is 10.2 Å². The lowest BCUT2D eigenvalue weighted by atomic mass is 11.4. The molecule has 0 atom stereocenters. The summed E-state index contributed by atoms with van der Waals surface area (Å²) >= 11 is 0. The predicted octanol–water partition coefficient (Wildman–Crippen LogP) is -1.26. The van der Waals surface area contributed by atoms with Gasteiger partial charge in [0, 0.05) is 0 Å². The van der Waals surface area contributed by atoms with Crippen molar-refractivity contribution in [2.24, 2.45) is 5.16 Å². The number of hydrogen-bond acceptors (Lipinski definition) is 3. The van der Waals surface area contributed by atoms with E-state index in [1.807, 2.05) is 0 Å². The van der Waals surface area contributed by atoms with Gasteiger partial charge in [-0.05, 0) is 0 Å². The minimum Gasteiger partial charge on any atom is -0.487 e. The van der Waals surface area contributed by atoms with Crippen LogP contribution in [0.15, 0.2) is 5.16 Å². The van der Waals surface area contributed by atoms with Crippen molar-refractivity contribution in [3.63, 3.8) is 0 Å². The number of rotatable bonds is 0. The summed E-state index contributed by atoms with van der Waals surface area (Å²) in [4.78, 5) is 0. The Morgan fingerprint density at radius 3 is 2.50 bits per heavy atom. The van der Waals surface area contributed by atoms with Crippen molar-refractivity contribution in [2.75, 3.05) is 7.11 Å². The summed E-state index contributed by atoms with van der Waals surface area (Å²) in [5.41, 5.74) is 0.412. The van der Waals surface area contributed by atoms with E-state index < -0.39 is 0 Å². The lowest BCUT2D eigenvalue weighted by Gasteiger charge is -1.88. The normalized spacial score (nSPS) is 11.8. The molecule has 0 radical (unpaired) electrons. The molecule has 0 unspecified atom stereocenters. The van der Waals surface area contributed by atoms with Gasteiger partial charge in [0.2, 0.25) is 0 Å². The third-order valence-corrected chi connectivity index (χ3v) is 1.04. The van der Waals surface area contributed by atoms with Crippen molar-refractivity contribution >= 4 is 15.8 Å². The molecule has 0 bridgehead atoms. The molecule has 0 aliphatic carbocycles. The number of nitrogens with zero attached hydrogens (tertiary/aromatic N) is 1. The quantitative estimate of drug-likeness (QED) is 0.137. The highest BCUT2D eigenvalue weighted by atomic mass is 28.1. The fraction of sp³-hybridized carbons (Fsp3) is 0.500. The predicted molar refractivity (Wildman–Crippen MR) is 26.2 cm³/mol. The molecule has 0 aromatic heterocycles. The van der Waals surface area contributed by atoms with E-state index >= 15 is 0 Å². The van der Waals surface area contributed by atoms with Crippen molar-refractivity contribution < 1.29 is 9.94 Å². The summed E-state index contributed by atoms with van der Waals surface area (Å²) in [7, 11) is 2.14. The van der Waals surface area contributed by atoms with Crippen LogP contribution in [0.4, 0.5) is 0 Å². The first-order valence-corrected chi connectivity index (χ1v) is 2.54. The SMILES string of the molecule is COC([SiH3])=NO. The topological polar surface area (TPSA) is 41.8 Å². The Bertz CT molecular complexity index is 62.6. The molecule has 0 aliphatic rings. The molecule has 0 aliphatic heterocycles. The first kappa shape index (κ1) is 5.49. The zero-order chi connectivity index (χ0) is 4.99. The molecule has 0 fully saturated rings. The average molecular weight is 105 g/mol. The molecular formula is C2H7NO2Si. The van der Waals surface area contributed by atoms with Crippen LogP contribution in [0.25, 0.3) is 0 Å². The highest BCUT2D eigenvalue weighted by Gasteiger charge is 1.76. The molecular weight excluding hydrogens is 98.1 g/mol. The van der Waals surface area contributed by atoms with E-state index in [2.05, 4.69) is 9.89 Å². The first-order chi connectivity index (χ1) is 2.81. The van der Waals surface area contributed by atoms with Crippen LogP contribution in [0.2, 0.25) is 0 Å². The molecule has 0 saturated carbocycles. The molecule has 0 aromatic carbocycles. The number of methoxy groups -OCH3 is 1. The largest absolute Gasteiger partial charge is 0.487 e. The highest BCUT2D eigenvalue weighted by Crippen LogP contribution is 1.63. The maximum atomic E-state index is 7.83. The van der Waals surface area contributed by atoms with Gasteiger partial charge >= 0.3 is 0 Å². The van der Waals surface area contributed by atoms with Crippen LogP contribution in [0, 0.1) is 0 Å². The van der Waals surface area contributed by atoms with E-state index in [9.17, 15) is 0 Å². The van der Waals surface area contributed by atoms with Gasteiger partial charge < -0.3 is 9.94 Å². The smallest absolute Gasteiger partial charge is 0.185 e. The Hall–Kier alpha value is -0.513. The summed E-state index contributed by atoms with van der Waals surface area (Å²) < 4.78 is 4.46. The lowest BCUT2D eigenvalue weighted by Crippen LogP contribution is -1.97. The summed E-state index contributed by atoms with van der Waals surface area (Å²) in [6.45, 7) is 0. The van der Waals surface area contributed by atoms with Crippen molar-refractivity contribution in [1.82, 2.24) is 0 Å². The second-order valence-corrected chi connectivity index (χ2v) is 1.68. The van der Waals surface area contributed by atoms with Gasteiger partial charge in [-0.1, -0.05) is 5.16 Å². The molecule has 0 spiro atoms. The Kier molecular flexibility index (Phi) is 2.48. The maximum absolute atomic E-state index is 7.83. The van der Waals surface area contributed by atoms with Crippen LogP contribution in [0.1, 0.15) is 0 Å². The van der Waals surface area contributed by atoms with Crippen molar-refractivity contribution in [3.05, 3.63) is 0 Å². The minimum absolute atomic E-state index is 0.412. The molecule has 36 valence electrons. The Labute approximate surface area is 39.0 Å². The van der Waals surface area contributed by atoms with Crippen LogP contribution in [0.3, 0.4) is 0 Å². The van der Waals surface area contributed by atoms with Crippen LogP contribution < -0.4 is 0 Å². The molecule has 3 nitrogen and oxygen atoms in total. The van der Waals surface area contributed by atoms with Gasteiger partial charge in [-0.15, -0.1) is 0 Å². The van der Waals surface area contributed by atoms with E-state index in [-0.39, 0.29) is 0 Å². The van der Waals surface area contributed by atoms with Gasteiger partial charge in [-0.2, -0.15) is 0 Å². The van der Waals surface area contributed by atoms with Gasteiger partial charge in [-0.3, -0.25) is 0 Å². The number of hydrogen-bond donors (Lipinski definition) is 1. The van der Waals surface area contributed by atoms with Crippen molar-refractivity contribution in [1.29, 1.82) is 0 Å². The number of oxime groups is 1. The Morgan fingerprint density at radius 2 is 2.50 bits per heavy atom. The maximum Gasteiger partial charge on any atom is 0.185 e. The van der Waals surface area contributed by atoms with Gasteiger partial charge in [0.15, 0.2) is 5.52 Å². The molecule has 4 heteroatoms. The van der Waals surface area contributed by atoms with Gasteiger partial charge in [-0.25, -0.2) is 0 Å².